The van der Waals surface area contributed by atoms with Crippen LogP contribution in [0.5, 0.6) is 0 Å². The van der Waals surface area contributed by atoms with Crippen LogP contribution >= 0.6 is 0 Å². The Balaban J connectivity index is 2.21. The Morgan fingerprint density at radius 1 is 0.455 bits per heavy atom. The molecule has 0 N–H and O–H groups in total. The zero-order chi connectivity index (χ0) is 15.1. The molecule has 0 fully saturated rings. The summed E-state index contributed by atoms with van der Waals surface area (Å²) in [4.78, 5) is 0. The fraction of sp³-hybridized carbons (Fsp3) is 0. The van der Waals surface area contributed by atoms with E-state index in [1.807, 2.05) is 0 Å². The summed E-state index contributed by atoms with van der Waals surface area (Å²) in [6, 6.07) is 26.2. The number of hydrogen-bond acceptors (Lipinski definition) is 0. The monoisotopic (exact) mass is 266 g/mol. The molecule has 0 bridgehead atoms. The van der Waals surface area contributed by atoms with E-state index in [1.54, 1.807) is 0 Å². The normalized spacial score (nSPS) is 11.3. The molecular formula is C20H12Li2. The van der Waals surface area contributed by atoms with Gasteiger partial charge in [-0.1, -0.05) is 0 Å². The van der Waals surface area contributed by atoms with Crippen molar-refractivity contribution >= 4 is 65.4 Å². The van der Waals surface area contributed by atoms with Crippen molar-refractivity contribution in [3.8, 4) is 11.1 Å². The van der Waals surface area contributed by atoms with E-state index >= 15 is 0 Å². The summed E-state index contributed by atoms with van der Waals surface area (Å²) in [5, 5.41) is 5.27. The zero-order valence-electron chi connectivity index (χ0n) is 12.9. The molecule has 4 aromatic rings. The summed E-state index contributed by atoms with van der Waals surface area (Å²) < 4.78 is 2.66. The van der Waals surface area contributed by atoms with E-state index in [-0.39, 0.29) is 0 Å². The van der Waals surface area contributed by atoms with Gasteiger partial charge in [0.05, 0.1) is 0 Å². The van der Waals surface area contributed by atoms with E-state index < -0.39 is 0 Å². The standard InChI is InChI=1S/C20H12.2Li/c1-3-11-17-15(7-1)9-5-13-19(17)20-14-6-10-16-8-2-4-12-18(16)20;;/h1-12H;;. The molecule has 0 unspecified atom stereocenters. The number of fused-ring (bicyclic) bond motifs is 2. The van der Waals surface area contributed by atoms with Gasteiger partial charge in [0.15, 0.2) is 0 Å². The van der Waals surface area contributed by atoms with Gasteiger partial charge in [-0.05, 0) is 0 Å². The van der Waals surface area contributed by atoms with Gasteiger partial charge in [0.25, 0.3) is 0 Å². The summed E-state index contributed by atoms with van der Waals surface area (Å²) in [6.45, 7) is 0. The Labute approximate surface area is 148 Å². The molecule has 4 rings (SSSR count). The van der Waals surface area contributed by atoms with Gasteiger partial charge in [-0.15, -0.1) is 0 Å². The van der Waals surface area contributed by atoms with Gasteiger partial charge < -0.3 is 0 Å². The van der Waals surface area contributed by atoms with Crippen LogP contribution in [-0.2, 0) is 0 Å². The van der Waals surface area contributed by atoms with Crippen molar-refractivity contribution in [3.05, 3.63) is 72.8 Å². The van der Waals surface area contributed by atoms with E-state index in [2.05, 4.69) is 108 Å². The van der Waals surface area contributed by atoms with Crippen LogP contribution in [-0.4, -0.2) is 35.4 Å². The van der Waals surface area contributed by atoms with Crippen molar-refractivity contribution in [1.29, 1.82) is 0 Å². The van der Waals surface area contributed by atoms with Crippen LogP contribution in [0.25, 0.3) is 32.7 Å². The van der Waals surface area contributed by atoms with Gasteiger partial charge in [0.1, 0.15) is 0 Å². The van der Waals surface area contributed by atoms with E-state index in [0.717, 1.165) is 0 Å². The molecule has 0 nitrogen and oxygen atoms in total. The van der Waals surface area contributed by atoms with Crippen LogP contribution in [0.15, 0.2) is 72.8 Å². The van der Waals surface area contributed by atoms with Gasteiger partial charge in [-0.3, -0.25) is 0 Å². The maximum absolute atomic E-state index is 2.24. The summed E-state index contributed by atoms with van der Waals surface area (Å²) >= 11 is 4.42. The van der Waals surface area contributed by atoms with Crippen LogP contribution in [0.3, 0.4) is 0 Å². The third kappa shape index (κ3) is 2.25. The molecule has 0 spiro atoms. The van der Waals surface area contributed by atoms with Gasteiger partial charge in [0, 0.05) is 0 Å². The Hall–Kier alpha value is -1.41. The second-order valence-electron chi connectivity index (χ2n) is 5.96. The minimum absolute atomic E-state index is 1.30. The van der Waals surface area contributed by atoms with E-state index in [1.165, 1.54) is 41.1 Å². The zero-order valence-corrected chi connectivity index (χ0v) is 12.9. The summed E-state index contributed by atoms with van der Waals surface area (Å²) in [6.07, 6.45) is 0. The molecule has 4 aromatic carbocycles. The molecule has 22 heavy (non-hydrogen) atoms. The quantitative estimate of drug-likeness (QED) is 0.464. The summed E-state index contributed by atoms with van der Waals surface area (Å²) in [5.41, 5.74) is 2.74. The SMILES string of the molecule is [Li][c]1ccc2ccccc2c1-c1[c]([Li])ccc2ccccc12. The van der Waals surface area contributed by atoms with E-state index in [4.69, 9.17) is 0 Å². The molecule has 2 heteroatoms. The van der Waals surface area contributed by atoms with Gasteiger partial charge >= 0.3 is 149 Å². The molecule has 0 atom stereocenters. The van der Waals surface area contributed by atoms with Gasteiger partial charge in [-0.25, -0.2) is 0 Å². The van der Waals surface area contributed by atoms with Crippen molar-refractivity contribution < 1.29 is 0 Å². The number of benzene rings is 4. The topological polar surface area (TPSA) is 0 Å². The van der Waals surface area contributed by atoms with Crippen molar-refractivity contribution in [3.63, 3.8) is 0 Å². The second-order valence-corrected chi connectivity index (χ2v) is 5.96. The molecule has 0 amide bonds. The number of rotatable bonds is 1. The third-order valence-corrected chi connectivity index (χ3v) is 4.52. The Kier molecular flexibility index (Phi) is 3.65. The van der Waals surface area contributed by atoms with Crippen LogP contribution in [0.4, 0.5) is 0 Å². The number of hydrogen-bond donors (Lipinski definition) is 0. The molecule has 94 valence electrons. The first-order valence-electron chi connectivity index (χ1n) is 7.73. The summed E-state index contributed by atoms with van der Waals surface area (Å²) in [5.74, 6) is 0. The first kappa shape index (κ1) is 14.2. The predicted octanol–water partition coefficient (Wildman–Crippen LogP) is 3.25. The summed E-state index contributed by atoms with van der Waals surface area (Å²) in [7, 11) is 0. The van der Waals surface area contributed by atoms with Crippen molar-refractivity contribution in [2.75, 3.05) is 0 Å². The van der Waals surface area contributed by atoms with Crippen LogP contribution in [0, 0.1) is 0 Å². The Morgan fingerprint density at radius 3 is 1.32 bits per heavy atom. The van der Waals surface area contributed by atoms with Crippen molar-refractivity contribution in [2.24, 2.45) is 0 Å². The molecule has 0 aliphatic carbocycles. The molecule has 0 heterocycles. The second kappa shape index (κ2) is 5.66. The van der Waals surface area contributed by atoms with Crippen LogP contribution in [0.1, 0.15) is 0 Å². The van der Waals surface area contributed by atoms with Gasteiger partial charge in [0.2, 0.25) is 0 Å². The molecule has 0 saturated heterocycles. The van der Waals surface area contributed by atoms with Crippen LogP contribution in [0.2, 0.25) is 0 Å². The van der Waals surface area contributed by atoms with E-state index in [9.17, 15) is 0 Å². The third-order valence-electron chi connectivity index (χ3n) is 4.52. The average molecular weight is 266 g/mol. The maximum atomic E-state index is 2.24. The van der Waals surface area contributed by atoms with Crippen molar-refractivity contribution in [2.45, 2.75) is 0 Å². The molecule has 0 aromatic heterocycles. The molecule has 0 aliphatic heterocycles. The Bertz CT molecular complexity index is 920. The average Bonchev–Trinajstić information content (AvgIpc) is 2.56. The Morgan fingerprint density at radius 2 is 0.864 bits per heavy atom. The minimum atomic E-state index is 1.30. The molecular weight excluding hydrogens is 254 g/mol. The molecule has 0 aliphatic rings. The molecule has 0 saturated carbocycles. The fourth-order valence-electron chi connectivity index (χ4n) is 3.42. The van der Waals surface area contributed by atoms with Crippen molar-refractivity contribution in [1.82, 2.24) is 0 Å². The van der Waals surface area contributed by atoms with Crippen LogP contribution < -0.4 is 8.47 Å². The van der Waals surface area contributed by atoms with Gasteiger partial charge in [-0.2, -0.15) is 0 Å². The van der Waals surface area contributed by atoms with E-state index in [0.29, 0.717) is 0 Å². The fourth-order valence-corrected chi connectivity index (χ4v) is 3.42. The molecule has 0 radical (unpaired) electrons. The first-order valence-corrected chi connectivity index (χ1v) is 7.73. The predicted molar refractivity (Wildman–Crippen MR) is 97.7 cm³/mol. The first-order chi connectivity index (χ1) is 10.8.